The molecule has 3 rings (SSSR count). The molecule has 1 saturated heterocycles. The Bertz CT molecular complexity index is 797. The second-order valence-corrected chi connectivity index (χ2v) is 6.92. The molecule has 0 spiro atoms. The molecule has 1 fully saturated rings. The van der Waals surface area contributed by atoms with E-state index in [1.54, 1.807) is 19.1 Å². The van der Waals surface area contributed by atoms with E-state index in [2.05, 4.69) is 5.32 Å². The highest BCUT2D eigenvalue weighted by Gasteiger charge is 2.38. The van der Waals surface area contributed by atoms with Crippen molar-refractivity contribution < 1.29 is 18.7 Å². The Kier molecular flexibility index (Phi) is 5.84. The lowest BCUT2D eigenvalue weighted by atomic mass is 9.84. The van der Waals surface area contributed by atoms with Gasteiger partial charge in [-0.2, -0.15) is 0 Å². The first kappa shape index (κ1) is 19.0. The number of carbonyl (C=O) groups is 2. The summed E-state index contributed by atoms with van der Waals surface area (Å²) in [5.41, 5.74) is 0.938. The molecule has 27 heavy (non-hydrogen) atoms. The predicted octanol–water partition coefficient (Wildman–Crippen LogP) is 2.87. The summed E-state index contributed by atoms with van der Waals surface area (Å²) in [6, 6.07) is 11.1. The topological polar surface area (TPSA) is 71.8 Å². The number of amides is 2. The summed E-state index contributed by atoms with van der Waals surface area (Å²) in [6.07, 6.45) is 1.58. The van der Waals surface area contributed by atoms with E-state index in [9.17, 15) is 9.59 Å². The third kappa shape index (κ3) is 4.32. The van der Waals surface area contributed by atoms with Crippen LogP contribution in [0.3, 0.4) is 0 Å². The first-order chi connectivity index (χ1) is 13.0. The standard InChI is InChI=1S/C21H26N2O4/c1-14-4-7-17(27-14)12-13-22-21(25)18-10-11-19(24)23(2)20(18)15-5-8-16(26-3)9-6-15/h4-9,18,20H,10-13H2,1-3H3,(H,22,25). The van der Waals surface area contributed by atoms with Gasteiger partial charge in [0.2, 0.25) is 11.8 Å². The Hall–Kier alpha value is -2.76. The fraction of sp³-hybridized carbons (Fsp3) is 0.429. The van der Waals surface area contributed by atoms with Crippen LogP contribution in [0.25, 0.3) is 0 Å². The maximum atomic E-state index is 12.8. The molecular formula is C21H26N2O4. The van der Waals surface area contributed by atoms with Gasteiger partial charge in [0.05, 0.1) is 19.1 Å². The van der Waals surface area contributed by atoms with Crippen molar-refractivity contribution in [3.63, 3.8) is 0 Å². The van der Waals surface area contributed by atoms with E-state index in [4.69, 9.17) is 9.15 Å². The van der Waals surface area contributed by atoms with Crippen molar-refractivity contribution >= 4 is 11.8 Å². The summed E-state index contributed by atoms with van der Waals surface area (Å²) in [7, 11) is 3.38. The maximum Gasteiger partial charge on any atom is 0.225 e. The molecule has 0 saturated carbocycles. The van der Waals surface area contributed by atoms with E-state index in [1.807, 2.05) is 43.3 Å². The third-order valence-corrected chi connectivity index (χ3v) is 5.12. The van der Waals surface area contributed by atoms with Gasteiger partial charge >= 0.3 is 0 Å². The van der Waals surface area contributed by atoms with E-state index < -0.39 is 0 Å². The molecule has 2 heterocycles. The molecule has 1 aromatic heterocycles. The van der Waals surface area contributed by atoms with Crippen molar-refractivity contribution in [1.29, 1.82) is 0 Å². The van der Waals surface area contributed by atoms with E-state index in [1.165, 1.54) is 0 Å². The van der Waals surface area contributed by atoms with Gasteiger partial charge in [-0.25, -0.2) is 0 Å². The van der Waals surface area contributed by atoms with E-state index >= 15 is 0 Å². The minimum absolute atomic E-state index is 0.0292. The molecule has 2 atom stereocenters. The van der Waals surface area contributed by atoms with Crippen LogP contribution in [0, 0.1) is 12.8 Å². The second kappa shape index (κ2) is 8.29. The number of methoxy groups -OCH3 is 1. The zero-order chi connectivity index (χ0) is 19.4. The summed E-state index contributed by atoms with van der Waals surface area (Å²) < 4.78 is 10.7. The average Bonchev–Trinajstić information content (AvgIpc) is 3.09. The van der Waals surface area contributed by atoms with Gasteiger partial charge in [-0.15, -0.1) is 0 Å². The summed E-state index contributed by atoms with van der Waals surface area (Å²) in [5.74, 6) is 2.22. The van der Waals surface area contributed by atoms with Crippen LogP contribution in [0.15, 0.2) is 40.8 Å². The van der Waals surface area contributed by atoms with Gasteiger partial charge in [0.1, 0.15) is 17.3 Å². The van der Waals surface area contributed by atoms with Crippen LogP contribution in [0.2, 0.25) is 0 Å². The van der Waals surface area contributed by atoms with E-state index in [0.717, 1.165) is 22.8 Å². The molecule has 144 valence electrons. The number of carbonyl (C=O) groups excluding carboxylic acids is 2. The van der Waals surface area contributed by atoms with Crippen LogP contribution in [0.1, 0.15) is 36.0 Å². The van der Waals surface area contributed by atoms with Crippen molar-refractivity contribution in [3.8, 4) is 5.75 Å². The quantitative estimate of drug-likeness (QED) is 0.849. The number of piperidine rings is 1. The van der Waals surface area contributed by atoms with Crippen molar-refractivity contribution in [2.45, 2.75) is 32.2 Å². The number of benzene rings is 1. The van der Waals surface area contributed by atoms with Crippen molar-refractivity contribution in [3.05, 3.63) is 53.5 Å². The van der Waals surface area contributed by atoms with Crippen molar-refractivity contribution in [2.24, 2.45) is 5.92 Å². The third-order valence-electron chi connectivity index (χ3n) is 5.12. The molecule has 1 aliphatic rings. The molecule has 6 nitrogen and oxygen atoms in total. The van der Waals surface area contributed by atoms with E-state index in [0.29, 0.717) is 25.8 Å². The highest BCUT2D eigenvalue weighted by Crippen LogP contribution is 2.36. The number of nitrogens with zero attached hydrogens (tertiary/aromatic N) is 1. The van der Waals surface area contributed by atoms with Crippen LogP contribution in [-0.2, 0) is 16.0 Å². The van der Waals surface area contributed by atoms with Crippen LogP contribution in [0.5, 0.6) is 5.75 Å². The Labute approximate surface area is 159 Å². The van der Waals surface area contributed by atoms with Crippen LogP contribution < -0.4 is 10.1 Å². The highest BCUT2D eigenvalue weighted by atomic mass is 16.5. The lowest BCUT2D eigenvalue weighted by molar-refractivity contribution is -0.141. The number of hydrogen-bond acceptors (Lipinski definition) is 4. The summed E-state index contributed by atoms with van der Waals surface area (Å²) in [4.78, 5) is 26.8. The van der Waals surface area contributed by atoms with Crippen molar-refractivity contribution in [2.75, 3.05) is 20.7 Å². The fourth-order valence-corrected chi connectivity index (χ4v) is 3.63. The zero-order valence-electron chi connectivity index (χ0n) is 16.0. The molecule has 1 N–H and O–H groups in total. The van der Waals surface area contributed by atoms with Gasteiger partial charge < -0.3 is 19.4 Å². The predicted molar refractivity (Wildman–Crippen MR) is 101 cm³/mol. The van der Waals surface area contributed by atoms with Crippen molar-refractivity contribution in [1.82, 2.24) is 10.2 Å². The zero-order valence-corrected chi connectivity index (χ0v) is 16.0. The molecule has 0 radical (unpaired) electrons. The van der Waals surface area contributed by atoms with Gasteiger partial charge in [-0.1, -0.05) is 12.1 Å². The Morgan fingerprint density at radius 1 is 1.26 bits per heavy atom. The molecule has 2 aromatic rings. The minimum Gasteiger partial charge on any atom is -0.497 e. The normalized spacial score (nSPS) is 19.8. The largest absolute Gasteiger partial charge is 0.497 e. The monoisotopic (exact) mass is 370 g/mol. The van der Waals surface area contributed by atoms with Crippen LogP contribution in [0.4, 0.5) is 0 Å². The molecule has 1 aliphatic heterocycles. The summed E-state index contributed by atoms with van der Waals surface area (Å²) >= 11 is 0. The molecule has 6 heteroatoms. The molecule has 2 unspecified atom stereocenters. The lowest BCUT2D eigenvalue weighted by Gasteiger charge is -2.38. The highest BCUT2D eigenvalue weighted by molar-refractivity contribution is 5.84. The van der Waals surface area contributed by atoms with Gasteiger partial charge in [-0.3, -0.25) is 9.59 Å². The van der Waals surface area contributed by atoms with Crippen LogP contribution in [-0.4, -0.2) is 37.4 Å². The Morgan fingerprint density at radius 2 is 2.00 bits per heavy atom. The van der Waals surface area contributed by atoms with Gasteiger partial charge in [0, 0.05) is 26.4 Å². The number of likely N-dealkylation sites (tertiary alicyclic amines) is 1. The number of rotatable bonds is 6. The minimum atomic E-state index is -0.278. The average molecular weight is 370 g/mol. The Morgan fingerprint density at radius 3 is 2.63 bits per heavy atom. The van der Waals surface area contributed by atoms with Crippen LogP contribution >= 0.6 is 0 Å². The smallest absolute Gasteiger partial charge is 0.225 e. The van der Waals surface area contributed by atoms with Gasteiger partial charge in [0.15, 0.2) is 0 Å². The first-order valence-electron chi connectivity index (χ1n) is 9.22. The number of nitrogens with one attached hydrogen (secondary N) is 1. The van der Waals surface area contributed by atoms with Gasteiger partial charge in [-0.05, 0) is 43.2 Å². The number of aryl methyl sites for hydroxylation is 1. The molecular weight excluding hydrogens is 344 g/mol. The second-order valence-electron chi connectivity index (χ2n) is 6.92. The molecule has 2 amide bonds. The first-order valence-corrected chi connectivity index (χ1v) is 9.22. The summed E-state index contributed by atoms with van der Waals surface area (Å²) in [5, 5.41) is 3.01. The summed E-state index contributed by atoms with van der Waals surface area (Å²) in [6.45, 7) is 2.41. The number of furan rings is 1. The number of ether oxygens (including phenoxy) is 1. The molecule has 1 aromatic carbocycles. The number of hydrogen-bond donors (Lipinski definition) is 1. The fourth-order valence-electron chi connectivity index (χ4n) is 3.63. The SMILES string of the molecule is COc1ccc(C2C(C(=O)NCCc3ccc(C)o3)CCC(=O)N2C)cc1. The lowest BCUT2D eigenvalue weighted by Crippen LogP contribution is -2.46. The van der Waals surface area contributed by atoms with Gasteiger partial charge in [0.25, 0.3) is 0 Å². The Balaban J connectivity index is 1.69. The molecule has 0 bridgehead atoms. The molecule has 0 aliphatic carbocycles. The van der Waals surface area contributed by atoms with E-state index in [-0.39, 0.29) is 23.8 Å². The maximum absolute atomic E-state index is 12.8.